The molecule has 0 unspecified atom stereocenters. The molecule has 1 aliphatic heterocycles. The van der Waals surface area contributed by atoms with Crippen LogP contribution in [0.2, 0.25) is 0 Å². The van der Waals surface area contributed by atoms with Crippen molar-refractivity contribution in [2.24, 2.45) is 0 Å². The fourth-order valence-electron chi connectivity index (χ4n) is 3.45. The van der Waals surface area contributed by atoms with Crippen LogP contribution in [0.15, 0.2) is 42.6 Å². The van der Waals surface area contributed by atoms with Gasteiger partial charge in [-0.3, -0.25) is 9.89 Å². The molecule has 0 atom stereocenters. The van der Waals surface area contributed by atoms with Gasteiger partial charge in [-0.05, 0) is 30.3 Å². The van der Waals surface area contributed by atoms with E-state index in [0.29, 0.717) is 41.9 Å². The fourth-order valence-corrected chi connectivity index (χ4v) is 3.45. The van der Waals surface area contributed by atoms with Crippen molar-refractivity contribution in [3.63, 3.8) is 0 Å². The molecule has 0 saturated carbocycles. The molecule has 1 aromatic carbocycles. The van der Waals surface area contributed by atoms with E-state index in [-0.39, 0.29) is 12.0 Å². The molecule has 4 rings (SSSR count). The van der Waals surface area contributed by atoms with Gasteiger partial charge >= 0.3 is 0 Å². The molecule has 0 radical (unpaired) electrons. The molecule has 0 aliphatic carbocycles. The number of H-pyrrole nitrogens is 1. The predicted octanol–water partition coefficient (Wildman–Crippen LogP) is 2.57. The van der Waals surface area contributed by atoms with E-state index < -0.39 is 0 Å². The molecule has 2 aromatic heterocycles. The molecule has 3 heterocycles. The summed E-state index contributed by atoms with van der Waals surface area (Å²) in [6.45, 7) is 1.20. The maximum Gasteiger partial charge on any atom is 0.271 e. The topological polar surface area (TPSA) is 102 Å². The summed E-state index contributed by atoms with van der Waals surface area (Å²) in [6.07, 6.45) is 3.08. The number of carbonyl (C=O) groups is 1. The number of aromatic amines is 1. The highest BCUT2D eigenvalue weighted by Gasteiger charge is 2.26. The number of amides is 1. The molecule has 0 spiro atoms. The van der Waals surface area contributed by atoms with Crippen LogP contribution in [-0.4, -0.2) is 64.6 Å². The van der Waals surface area contributed by atoms with Crippen LogP contribution in [0.25, 0.3) is 11.3 Å². The molecule has 1 saturated heterocycles. The highest BCUT2D eigenvalue weighted by atomic mass is 16.5. The molecule has 9 heteroatoms. The Labute approximate surface area is 174 Å². The quantitative estimate of drug-likeness (QED) is 0.667. The second kappa shape index (κ2) is 8.81. The molecule has 1 aliphatic rings. The number of benzene rings is 1. The number of carbonyl (C=O) groups excluding carboxylic acids is 1. The van der Waals surface area contributed by atoms with Crippen molar-refractivity contribution in [2.45, 2.75) is 18.9 Å². The fraction of sp³-hybridized carbons (Fsp3) is 0.333. The average molecular weight is 409 g/mol. The molecule has 9 nitrogen and oxygen atoms in total. The second-order valence-corrected chi connectivity index (χ2v) is 6.90. The van der Waals surface area contributed by atoms with Crippen LogP contribution in [-0.2, 0) is 0 Å². The second-order valence-electron chi connectivity index (χ2n) is 6.90. The summed E-state index contributed by atoms with van der Waals surface area (Å²) in [5.74, 6) is 1.76. The van der Waals surface area contributed by atoms with E-state index in [2.05, 4.69) is 20.4 Å². The summed E-state index contributed by atoms with van der Waals surface area (Å²) in [5.41, 5.74) is 1.81. The summed E-state index contributed by atoms with van der Waals surface area (Å²) in [6, 6.07) is 10.8. The van der Waals surface area contributed by atoms with Crippen LogP contribution < -0.4 is 14.2 Å². The smallest absolute Gasteiger partial charge is 0.271 e. The normalized spacial score (nSPS) is 14.4. The Kier molecular flexibility index (Phi) is 5.78. The third kappa shape index (κ3) is 4.19. The standard InChI is InChI=1S/C21H23N5O4/c1-28-15-5-6-19(29-2)16(12-15)17-13-18(24-23-17)21(27)26-10-7-14(8-11-26)30-20-4-3-9-22-25-20/h3-6,9,12-14H,7-8,10-11H2,1-2H3,(H,23,24). The number of rotatable bonds is 6. The lowest BCUT2D eigenvalue weighted by Gasteiger charge is -2.31. The first kappa shape index (κ1) is 19.7. The van der Waals surface area contributed by atoms with E-state index in [9.17, 15) is 4.79 Å². The summed E-state index contributed by atoms with van der Waals surface area (Å²) in [7, 11) is 3.19. The van der Waals surface area contributed by atoms with Crippen LogP contribution in [0, 0.1) is 0 Å². The first-order valence-corrected chi connectivity index (χ1v) is 9.69. The van der Waals surface area contributed by atoms with Gasteiger partial charge in [0.2, 0.25) is 5.88 Å². The van der Waals surface area contributed by atoms with E-state index in [1.54, 1.807) is 43.5 Å². The maximum atomic E-state index is 12.9. The summed E-state index contributed by atoms with van der Waals surface area (Å²) < 4.78 is 16.5. The molecular formula is C21H23N5O4. The third-order valence-electron chi connectivity index (χ3n) is 5.06. The Bertz CT molecular complexity index is 1000. The Morgan fingerprint density at radius 1 is 1.13 bits per heavy atom. The van der Waals surface area contributed by atoms with Gasteiger partial charge in [0.15, 0.2) is 0 Å². The monoisotopic (exact) mass is 409 g/mol. The van der Waals surface area contributed by atoms with Crippen LogP contribution >= 0.6 is 0 Å². The molecule has 1 amide bonds. The molecular weight excluding hydrogens is 386 g/mol. The molecule has 30 heavy (non-hydrogen) atoms. The SMILES string of the molecule is COc1ccc(OC)c(-c2cc(C(=O)N3CCC(Oc4cccnn4)CC3)[nH]n2)c1. The third-order valence-corrected chi connectivity index (χ3v) is 5.06. The molecule has 156 valence electrons. The Balaban J connectivity index is 1.42. The first-order valence-electron chi connectivity index (χ1n) is 9.69. The first-order chi connectivity index (χ1) is 14.7. The van der Waals surface area contributed by atoms with E-state index in [1.807, 2.05) is 18.2 Å². The lowest BCUT2D eigenvalue weighted by atomic mass is 10.1. The lowest BCUT2D eigenvalue weighted by molar-refractivity contribution is 0.0580. The number of likely N-dealkylation sites (tertiary alicyclic amines) is 1. The summed E-state index contributed by atoms with van der Waals surface area (Å²) in [5, 5.41) is 14.9. The van der Waals surface area contributed by atoms with Gasteiger partial charge in [-0.1, -0.05) is 0 Å². The van der Waals surface area contributed by atoms with Gasteiger partial charge < -0.3 is 19.1 Å². The zero-order chi connectivity index (χ0) is 20.9. The van der Waals surface area contributed by atoms with Gasteiger partial charge in [0, 0.05) is 43.8 Å². The minimum absolute atomic E-state index is 0.0177. The molecule has 0 bridgehead atoms. The maximum absolute atomic E-state index is 12.9. The predicted molar refractivity (Wildman–Crippen MR) is 109 cm³/mol. The van der Waals surface area contributed by atoms with Crippen LogP contribution in [0.5, 0.6) is 17.4 Å². The van der Waals surface area contributed by atoms with E-state index >= 15 is 0 Å². The summed E-state index contributed by atoms with van der Waals surface area (Å²) >= 11 is 0. The molecule has 3 aromatic rings. The van der Waals surface area contributed by atoms with Crippen molar-refractivity contribution in [1.29, 1.82) is 0 Å². The van der Waals surface area contributed by atoms with Crippen molar-refractivity contribution in [2.75, 3.05) is 27.3 Å². The number of nitrogens with zero attached hydrogens (tertiary/aromatic N) is 4. The van der Waals surface area contributed by atoms with Gasteiger partial charge in [-0.15, -0.1) is 5.10 Å². The number of methoxy groups -OCH3 is 2. The van der Waals surface area contributed by atoms with E-state index in [1.165, 1.54) is 0 Å². The number of hydrogen-bond donors (Lipinski definition) is 1. The number of nitrogens with one attached hydrogen (secondary N) is 1. The van der Waals surface area contributed by atoms with E-state index in [4.69, 9.17) is 14.2 Å². The Morgan fingerprint density at radius 3 is 2.67 bits per heavy atom. The van der Waals surface area contributed by atoms with Crippen molar-refractivity contribution >= 4 is 5.91 Å². The minimum atomic E-state index is -0.0893. The largest absolute Gasteiger partial charge is 0.497 e. The zero-order valence-electron chi connectivity index (χ0n) is 16.9. The minimum Gasteiger partial charge on any atom is -0.497 e. The highest BCUT2D eigenvalue weighted by Crippen LogP contribution is 2.32. The van der Waals surface area contributed by atoms with Crippen molar-refractivity contribution < 1.29 is 19.0 Å². The zero-order valence-corrected chi connectivity index (χ0v) is 16.9. The van der Waals surface area contributed by atoms with Gasteiger partial charge in [0.25, 0.3) is 5.91 Å². The van der Waals surface area contributed by atoms with Crippen molar-refractivity contribution in [3.8, 4) is 28.6 Å². The molecule has 1 N–H and O–H groups in total. The number of piperidine rings is 1. The van der Waals surface area contributed by atoms with Gasteiger partial charge in [0.05, 0.1) is 19.9 Å². The number of ether oxygens (including phenoxy) is 3. The van der Waals surface area contributed by atoms with E-state index in [0.717, 1.165) is 18.4 Å². The van der Waals surface area contributed by atoms with Gasteiger partial charge in [-0.25, -0.2) is 0 Å². The number of aromatic nitrogens is 4. The molecule has 1 fully saturated rings. The van der Waals surface area contributed by atoms with Crippen molar-refractivity contribution in [1.82, 2.24) is 25.3 Å². The van der Waals surface area contributed by atoms with Crippen LogP contribution in [0.3, 0.4) is 0 Å². The van der Waals surface area contributed by atoms with Crippen molar-refractivity contribution in [3.05, 3.63) is 48.3 Å². The van der Waals surface area contributed by atoms with Crippen LogP contribution in [0.4, 0.5) is 0 Å². The Morgan fingerprint density at radius 2 is 1.97 bits per heavy atom. The highest BCUT2D eigenvalue weighted by molar-refractivity contribution is 5.93. The van der Waals surface area contributed by atoms with Gasteiger partial charge in [0.1, 0.15) is 23.3 Å². The summed E-state index contributed by atoms with van der Waals surface area (Å²) in [4.78, 5) is 14.7. The van der Waals surface area contributed by atoms with Gasteiger partial charge in [-0.2, -0.15) is 10.2 Å². The number of hydrogen-bond acceptors (Lipinski definition) is 7. The Hall–Kier alpha value is -3.62. The average Bonchev–Trinajstić information content (AvgIpc) is 3.29. The lowest BCUT2D eigenvalue weighted by Crippen LogP contribution is -2.42. The van der Waals surface area contributed by atoms with Crippen LogP contribution in [0.1, 0.15) is 23.3 Å².